The van der Waals surface area contributed by atoms with Crippen LogP contribution in [-0.4, -0.2) is 91.2 Å². The molecule has 9 heteroatoms. The summed E-state index contributed by atoms with van der Waals surface area (Å²) in [5, 5.41) is 8.57. The summed E-state index contributed by atoms with van der Waals surface area (Å²) in [6.07, 6.45) is 2.52. The Bertz CT molecular complexity index is 510. The van der Waals surface area contributed by atoms with Gasteiger partial charge >= 0.3 is 0 Å². The molecule has 0 radical (unpaired) electrons. The number of nitrogens with zero attached hydrogens (tertiary/aromatic N) is 3. The van der Waals surface area contributed by atoms with Gasteiger partial charge in [0.2, 0.25) is 5.88 Å². The predicted molar refractivity (Wildman–Crippen MR) is 96.9 cm³/mol. The van der Waals surface area contributed by atoms with Crippen molar-refractivity contribution < 1.29 is 24.1 Å². The quantitative estimate of drug-likeness (QED) is 0.497. The number of rotatable bonds is 13. The van der Waals surface area contributed by atoms with Crippen molar-refractivity contribution in [1.82, 2.24) is 13.6 Å². The first kappa shape index (κ1) is 19.9. The fourth-order valence-electron chi connectivity index (χ4n) is 3.59. The van der Waals surface area contributed by atoms with E-state index in [1.807, 2.05) is 0 Å². The van der Waals surface area contributed by atoms with E-state index in [2.05, 4.69) is 13.6 Å². The zero-order valence-electron chi connectivity index (χ0n) is 15.2. The Morgan fingerprint density at radius 2 is 1.58 bits per heavy atom. The van der Waals surface area contributed by atoms with Gasteiger partial charge < -0.3 is 29.0 Å². The van der Waals surface area contributed by atoms with Crippen LogP contribution in [0.25, 0.3) is 0 Å². The molecule has 1 N–H and O–H groups in total. The van der Waals surface area contributed by atoms with Gasteiger partial charge in [0.05, 0.1) is 58.0 Å². The van der Waals surface area contributed by atoms with E-state index in [0.29, 0.717) is 58.0 Å². The van der Waals surface area contributed by atoms with Gasteiger partial charge in [-0.1, -0.05) is 0 Å². The molecule has 3 aliphatic heterocycles. The molecule has 0 saturated carbocycles. The van der Waals surface area contributed by atoms with Gasteiger partial charge in [0.15, 0.2) is 0 Å². The van der Waals surface area contributed by atoms with Crippen LogP contribution in [0, 0.1) is 5.92 Å². The van der Waals surface area contributed by atoms with Crippen molar-refractivity contribution in [3.63, 3.8) is 0 Å². The second-order valence-electron chi connectivity index (χ2n) is 6.61. The number of hydrogen-bond acceptors (Lipinski definition) is 9. The van der Waals surface area contributed by atoms with Crippen LogP contribution in [0.1, 0.15) is 24.5 Å². The van der Waals surface area contributed by atoms with Gasteiger partial charge in [-0.3, -0.25) is 0 Å². The molecule has 2 bridgehead atoms. The molecule has 0 aromatic carbocycles. The molecule has 1 aromatic heterocycles. The van der Waals surface area contributed by atoms with Crippen molar-refractivity contribution in [3.8, 4) is 5.88 Å². The summed E-state index contributed by atoms with van der Waals surface area (Å²) in [4.78, 5) is 2.52. The Labute approximate surface area is 158 Å². The number of aliphatic hydroxyl groups is 1. The topological polar surface area (TPSA) is 86.2 Å². The Balaban J connectivity index is 1.26. The summed E-state index contributed by atoms with van der Waals surface area (Å²) in [6.45, 7) is 6.93. The first-order chi connectivity index (χ1) is 12.9. The Hall–Kier alpha value is -0.840. The standard InChI is InChI=1S/C17H29N3O5S/c21-5-6-22-7-8-23-9-10-24-11-12-25-17-16(18-26-19-17)15-13-20-3-1-14(15)2-4-20/h14-15,21H,1-13H2. The Kier molecular flexibility index (Phi) is 8.50. The van der Waals surface area contributed by atoms with Crippen LogP contribution in [0.4, 0.5) is 0 Å². The van der Waals surface area contributed by atoms with E-state index < -0.39 is 0 Å². The fraction of sp³-hybridized carbons (Fsp3) is 0.882. The summed E-state index contributed by atoms with van der Waals surface area (Å²) < 4.78 is 30.6. The lowest BCUT2D eigenvalue weighted by atomic mass is 9.77. The van der Waals surface area contributed by atoms with Crippen LogP contribution < -0.4 is 4.74 Å². The largest absolute Gasteiger partial charge is 0.473 e. The van der Waals surface area contributed by atoms with Crippen LogP contribution in [0.5, 0.6) is 5.88 Å². The van der Waals surface area contributed by atoms with Crippen molar-refractivity contribution in [2.45, 2.75) is 18.8 Å². The van der Waals surface area contributed by atoms with Gasteiger partial charge in [0.1, 0.15) is 12.3 Å². The van der Waals surface area contributed by atoms with Crippen LogP contribution in [0.15, 0.2) is 0 Å². The van der Waals surface area contributed by atoms with E-state index in [0.717, 1.165) is 18.2 Å². The summed E-state index contributed by atoms with van der Waals surface area (Å²) in [6, 6.07) is 0. The lowest BCUT2D eigenvalue weighted by Crippen LogP contribution is -2.46. The van der Waals surface area contributed by atoms with Crippen molar-refractivity contribution in [3.05, 3.63) is 5.69 Å². The van der Waals surface area contributed by atoms with Crippen LogP contribution >= 0.6 is 11.7 Å². The fourth-order valence-corrected chi connectivity index (χ4v) is 4.16. The minimum atomic E-state index is 0.0407. The second-order valence-corrected chi connectivity index (χ2v) is 7.14. The van der Waals surface area contributed by atoms with E-state index >= 15 is 0 Å². The number of hydrogen-bond donors (Lipinski definition) is 1. The second kappa shape index (κ2) is 11.1. The van der Waals surface area contributed by atoms with E-state index in [4.69, 9.17) is 24.1 Å². The zero-order valence-corrected chi connectivity index (χ0v) is 16.0. The highest BCUT2D eigenvalue weighted by Gasteiger charge is 2.38. The third-order valence-corrected chi connectivity index (χ3v) is 5.46. The number of fused-ring (bicyclic) bond motifs is 3. The number of aromatic nitrogens is 2. The monoisotopic (exact) mass is 387 g/mol. The maximum Gasteiger partial charge on any atom is 0.249 e. The van der Waals surface area contributed by atoms with Crippen molar-refractivity contribution in [2.24, 2.45) is 5.92 Å². The summed E-state index contributed by atoms with van der Waals surface area (Å²) in [5.41, 5.74) is 1.04. The molecule has 26 heavy (non-hydrogen) atoms. The van der Waals surface area contributed by atoms with Gasteiger partial charge in [-0.2, -0.15) is 4.37 Å². The highest BCUT2D eigenvalue weighted by molar-refractivity contribution is 6.99. The maximum absolute atomic E-state index is 8.57. The van der Waals surface area contributed by atoms with Gasteiger partial charge in [-0.15, -0.1) is 4.37 Å². The zero-order chi connectivity index (χ0) is 18.0. The van der Waals surface area contributed by atoms with Gasteiger partial charge in [0.25, 0.3) is 0 Å². The predicted octanol–water partition coefficient (Wildman–Crippen LogP) is 0.768. The minimum Gasteiger partial charge on any atom is -0.473 e. The molecule has 4 heterocycles. The lowest BCUT2D eigenvalue weighted by molar-refractivity contribution is 0.00330. The molecule has 1 unspecified atom stereocenters. The summed E-state index contributed by atoms with van der Waals surface area (Å²) in [7, 11) is 0. The Morgan fingerprint density at radius 3 is 2.19 bits per heavy atom. The van der Waals surface area contributed by atoms with Crippen molar-refractivity contribution >= 4 is 11.7 Å². The molecule has 4 rings (SSSR count). The minimum absolute atomic E-state index is 0.0407. The van der Waals surface area contributed by atoms with Crippen LogP contribution in [-0.2, 0) is 14.2 Å². The van der Waals surface area contributed by atoms with E-state index in [1.165, 1.54) is 37.7 Å². The van der Waals surface area contributed by atoms with E-state index in [9.17, 15) is 0 Å². The van der Waals surface area contributed by atoms with E-state index in [-0.39, 0.29) is 6.61 Å². The molecule has 1 aromatic rings. The first-order valence-corrected chi connectivity index (χ1v) is 10.1. The van der Waals surface area contributed by atoms with Crippen molar-refractivity contribution in [1.29, 1.82) is 0 Å². The molecule has 3 fully saturated rings. The average Bonchev–Trinajstić information content (AvgIpc) is 3.15. The summed E-state index contributed by atoms with van der Waals surface area (Å²) >= 11 is 1.24. The molecular weight excluding hydrogens is 358 g/mol. The number of ether oxygens (including phenoxy) is 4. The molecule has 0 aliphatic carbocycles. The molecule has 0 amide bonds. The molecule has 1 atom stereocenters. The maximum atomic E-state index is 8.57. The number of aliphatic hydroxyl groups excluding tert-OH is 1. The number of piperidine rings is 3. The van der Waals surface area contributed by atoms with Gasteiger partial charge in [-0.25, -0.2) is 0 Å². The molecule has 8 nitrogen and oxygen atoms in total. The summed E-state index contributed by atoms with van der Waals surface area (Å²) in [5.74, 6) is 1.88. The molecule has 3 aliphatic rings. The third kappa shape index (κ3) is 5.83. The van der Waals surface area contributed by atoms with Crippen molar-refractivity contribution in [2.75, 3.05) is 72.5 Å². The lowest BCUT2D eigenvalue weighted by Gasteiger charge is -2.44. The first-order valence-electron chi connectivity index (χ1n) is 9.40. The third-order valence-electron chi connectivity index (χ3n) is 4.94. The SMILES string of the molecule is OCCOCCOCCOCCOc1nsnc1C1CN2CCC1CC2. The Morgan fingerprint density at radius 1 is 0.923 bits per heavy atom. The molecule has 148 valence electrons. The average molecular weight is 388 g/mol. The van der Waals surface area contributed by atoms with E-state index in [1.54, 1.807) is 0 Å². The van der Waals surface area contributed by atoms with Crippen LogP contribution in [0.2, 0.25) is 0 Å². The smallest absolute Gasteiger partial charge is 0.249 e. The highest BCUT2D eigenvalue weighted by atomic mass is 32.1. The van der Waals surface area contributed by atoms with Gasteiger partial charge in [0, 0.05) is 12.5 Å². The van der Waals surface area contributed by atoms with Gasteiger partial charge in [-0.05, 0) is 31.8 Å². The highest BCUT2D eigenvalue weighted by Crippen LogP contribution is 2.41. The molecular formula is C17H29N3O5S. The molecule has 3 saturated heterocycles. The molecule has 0 spiro atoms. The van der Waals surface area contributed by atoms with Crippen LogP contribution in [0.3, 0.4) is 0 Å². The normalized spacial score (nSPS) is 24.9.